The van der Waals surface area contributed by atoms with Gasteiger partial charge < -0.3 is 9.47 Å². The summed E-state index contributed by atoms with van der Waals surface area (Å²) in [4.78, 5) is 10.9. The monoisotopic (exact) mass is 492 g/mol. The van der Waals surface area contributed by atoms with Gasteiger partial charge in [0.1, 0.15) is 5.75 Å². The van der Waals surface area contributed by atoms with Crippen molar-refractivity contribution in [2.75, 3.05) is 13.2 Å². The lowest BCUT2D eigenvalue weighted by Crippen LogP contribution is -2.01. The number of aryl methyl sites for hydroxylation is 1. The smallest absolute Gasteiger partial charge is 0.330 e. The molecule has 0 heterocycles. The highest BCUT2D eigenvalue weighted by Gasteiger charge is 1.99. The summed E-state index contributed by atoms with van der Waals surface area (Å²) in [7, 11) is 0. The zero-order chi connectivity index (χ0) is 25.7. The second-order valence-corrected chi connectivity index (χ2v) is 9.22. The summed E-state index contributed by atoms with van der Waals surface area (Å²) in [6, 6.07) is 16.2. The minimum Gasteiger partial charge on any atom is -0.494 e. The lowest BCUT2D eigenvalue weighted by molar-refractivity contribution is -0.137. The zero-order valence-corrected chi connectivity index (χ0v) is 22.1. The summed E-state index contributed by atoms with van der Waals surface area (Å²) in [6.07, 6.45) is 16.7. The van der Waals surface area contributed by atoms with Crippen molar-refractivity contribution in [2.45, 2.75) is 90.4 Å². The van der Waals surface area contributed by atoms with Gasteiger partial charge in [-0.15, -0.1) is 0 Å². The third-order valence-corrected chi connectivity index (χ3v) is 6.09. The molecule has 5 heteroatoms. The molecule has 196 valence electrons. The molecule has 5 nitrogen and oxygen atoms in total. The van der Waals surface area contributed by atoms with Crippen LogP contribution in [0.5, 0.6) is 5.75 Å². The topological polar surface area (TPSA) is 60.2 Å². The molecule has 0 aliphatic carbocycles. The van der Waals surface area contributed by atoms with Crippen LogP contribution in [-0.4, -0.2) is 19.2 Å². The first-order chi connectivity index (χ1) is 17.7. The molecule has 2 aromatic rings. The van der Waals surface area contributed by atoms with Gasteiger partial charge >= 0.3 is 5.97 Å². The highest BCUT2D eigenvalue weighted by atomic mass is 16.5. The number of hydrogen-bond donors (Lipinski definition) is 0. The van der Waals surface area contributed by atoms with Gasteiger partial charge in [-0.25, -0.2) is 4.79 Å². The Hall–Kier alpha value is -2.95. The average Bonchev–Trinajstić information content (AvgIpc) is 2.91. The fraction of sp³-hybridized carbons (Fsp3) is 0.516. The molecule has 0 spiro atoms. The molecule has 2 aromatic carbocycles. The van der Waals surface area contributed by atoms with Gasteiger partial charge in [-0.3, -0.25) is 0 Å². The maximum absolute atomic E-state index is 10.9. The van der Waals surface area contributed by atoms with E-state index < -0.39 is 0 Å². The number of ether oxygens (including phenoxy) is 2. The molecule has 36 heavy (non-hydrogen) atoms. The molecule has 0 unspecified atom stereocenters. The lowest BCUT2D eigenvalue weighted by Gasteiger charge is -2.06. The molecule has 0 aromatic heterocycles. The van der Waals surface area contributed by atoms with Gasteiger partial charge in [0.05, 0.1) is 24.6 Å². The average molecular weight is 493 g/mol. The number of nitrogens with zero attached hydrogens (tertiary/aromatic N) is 2. The summed E-state index contributed by atoms with van der Waals surface area (Å²) in [6.45, 7) is 6.86. The van der Waals surface area contributed by atoms with E-state index in [1.807, 2.05) is 36.4 Å². The first kappa shape index (κ1) is 29.3. The largest absolute Gasteiger partial charge is 0.494 e. The fourth-order valence-electron chi connectivity index (χ4n) is 3.90. The van der Waals surface area contributed by atoms with E-state index in [9.17, 15) is 4.79 Å². The summed E-state index contributed by atoms with van der Waals surface area (Å²) in [5.74, 6) is 0.543. The van der Waals surface area contributed by atoms with E-state index in [-0.39, 0.29) is 5.97 Å². The van der Waals surface area contributed by atoms with Crippen LogP contribution in [0.15, 0.2) is 71.4 Å². The SMILES string of the molecule is C=CC(=O)OCCCCCCCCCCOc1ccc(/N=N/c2ccc(CCCCCC)cc2)cc1. The Morgan fingerprint density at radius 1 is 0.722 bits per heavy atom. The Labute approximate surface area is 218 Å². The number of unbranched alkanes of at least 4 members (excludes halogenated alkanes) is 10. The molecular formula is C31H44N2O3. The van der Waals surface area contributed by atoms with Crippen LogP contribution in [0.2, 0.25) is 0 Å². The van der Waals surface area contributed by atoms with Crippen molar-refractivity contribution in [3.05, 3.63) is 66.7 Å². The van der Waals surface area contributed by atoms with Gasteiger partial charge in [-0.1, -0.05) is 83.4 Å². The van der Waals surface area contributed by atoms with Crippen LogP contribution >= 0.6 is 0 Å². The first-order valence-corrected chi connectivity index (χ1v) is 13.7. The zero-order valence-electron chi connectivity index (χ0n) is 22.1. The third-order valence-electron chi connectivity index (χ3n) is 6.09. The van der Waals surface area contributed by atoms with Crippen LogP contribution in [0.4, 0.5) is 11.4 Å². The molecule has 0 aliphatic heterocycles. The van der Waals surface area contributed by atoms with Crippen molar-refractivity contribution in [3.8, 4) is 5.75 Å². The van der Waals surface area contributed by atoms with Crippen LogP contribution in [0.3, 0.4) is 0 Å². The standard InChI is InChI=1S/C31H44N2O3/c1-3-5-6-13-16-27-17-19-28(20-18-27)32-33-29-21-23-30(24-22-29)35-25-14-11-9-7-8-10-12-15-26-36-31(34)4-2/h4,17-24H,2-3,5-16,25-26H2,1H3/b33-32+. The fourth-order valence-corrected chi connectivity index (χ4v) is 3.90. The van der Waals surface area contributed by atoms with Crippen molar-refractivity contribution >= 4 is 17.3 Å². The van der Waals surface area contributed by atoms with E-state index >= 15 is 0 Å². The van der Waals surface area contributed by atoms with Crippen molar-refractivity contribution in [1.29, 1.82) is 0 Å². The molecule has 0 N–H and O–H groups in total. The molecule has 0 saturated carbocycles. The van der Waals surface area contributed by atoms with Gasteiger partial charge in [0.25, 0.3) is 0 Å². The van der Waals surface area contributed by atoms with E-state index in [2.05, 4.69) is 35.9 Å². The Morgan fingerprint density at radius 3 is 1.83 bits per heavy atom. The van der Waals surface area contributed by atoms with Crippen LogP contribution < -0.4 is 4.74 Å². The molecule has 0 radical (unpaired) electrons. The van der Waals surface area contributed by atoms with Crippen molar-refractivity contribution in [3.63, 3.8) is 0 Å². The van der Waals surface area contributed by atoms with Gasteiger partial charge in [0.2, 0.25) is 0 Å². The van der Waals surface area contributed by atoms with Crippen LogP contribution in [-0.2, 0) is 16.0 Å². The molecule has 0 saturated heterocycles. The molecule has 0 fully saturated rings. The van der Waals surface area contributed by atoms with Gasteiger partial charge in [-0.05, 0) is 67.6 Å². The van der Waals surface area contributed by atoms with E-state index in [0.29, 0.717) is 6.61 Å². The molecule has 0 amide bonds. The predicted octanol–water partition coefficient (Wildman–Crippen LogP) is 9.45. The van der Waals surface area contributed by atoms with Crippen molar-refractivity contribution < 1.29 is 14.3 Å². The maximum Gasteiger partial charge on any atom is 0.330 e. The summed E-state index contributed by atoms with van der Waals surface area (Å²) in [5, 5.41) is 8.71. The second kappa shape index (κ2) is 19.3. The minimum absolute atomic E-state index is 0.330. The van der Waals surface area contributed by atoms with E-state index in [1.165, 1.54) is 69.4 Å². The molecule has 2 rings (SSSR count). The number of hydrogen-bond acceptors (Lipinski definition) is 5. The van der Waals surface area contributed by atoms with E-state index in [4.69, 9.17) is 9.47 Å². The molecule has 0 aliphatic rings. The van der Waals surface area contributed by atoms with E-state index in [0.717, 1.165) is 49.4 Å². The van der Waals surface area contributed by atoms with Crippen molar-refractivity contribution in [2.24, 2.45) is 10.2 Å². The Morgan fingerprint density at radius 2 is 1.25 bits per heavy atom. The first-order valence-electron chi connectivity index (χ1n) is 13.7. The van der Waals surface area contributed by atoms with Crippen LogP contribution in [0, 0.1) is 0 Å². The number of carbonyl (C=O) groups excluding carboxylic acids is 1. The Bertz CT molecular complexity index is 876. The number of azo groups is 1. The van der Waals surface area contributed by atoms with Crippen LogP contribution in [0.25, 0.3) is 0 Å². The van der Waals surface area contributed by atoms with Crippen LogP contribution in [0.1, 0.15) is 89.5 Å². The normalized spacial score (nSPS) is 11.0. The minimum atomic E-state index is -0.330. The molecule has 0 bridgehead atoms. The quantitative estimate of drug-likeness (QED) is 0.0800. The summed E-state index contributed by atoms with van der Waals surface area (Å²) >= 11 is 0. The third kappa shape index (κ3) is 13.8. The number of rotatable bonds is 20. The van der Waals surface area contributed by atoms with Gasteiger partial charge in [-0.2, -0.15) is 10.2 Å². The molecule has 0 atom stereocenters. The van der Waals surface area contributed by atoms with Gasteiger partial charge in [0.15, 0.2) is 0 Å². The van der Waals surface area contributed by atoms with E-state index in [1.54, 1.807) is 0 Å². The second-order valence-electron chi connectivity index (χ2n) is 9.22. The predicted molar refractivity (Wildman–Crippen MR) is 148 cm³/mol. The highest BCUT2D eigenvalue weighted by Crippen LogP contribution is 2.22. The molecular weight excluding hydrogens is 448 g/mol. The Balaban J connectivity index is 1.52. The number of esters is 1. The van der Waals surface area contributed by atoms with Gasteiger partial charge in [0, 0.05) is 6.08 Å². The summed E-state index contributed by atoms with van der Waals surface area (Å²) in [5.41, 5.74) is 3.07. The number of carbonyl (C=O) groups is 1. The van der Waals surface area contributed by atoms with Crippen molar-refractivity contribution in [1.82, 2.24) is 0 Å². The Kier molecular flexibility index (Phi) is 15.7. The number of benzene rings is 2. The summed E-state index contributed by atoms with van der Waals surface area (Å²) < 4.78 is 10.8. The lowest BCUT2D eigenvalue weighted by atomic mass is 10.1. The highest BCUT2D eigenvalue weighted by molar-refractivity contribution is 5.81. The maximum atomic E-state index is 10.9.